The van der Waals surface area contributed by atoms with Gasteiger partial charge in [-0.05, 0) is 39.0 Å². The van der Waals surface area contributed by atoms with Gasteiger partial charge in [-0.2, -0.15) is 0 Å². The van der Waals surface area contributed by atoms with Crippen molar-refractivity contribution in [3.05, 3.63) is 59.4 Å². The van der Waals surface area contributed by atoms with Gasteiger partial charge in [0.2, 0.25) is 0 Å². The van der Waals surface area contributed by atoms with E-state index in [1.54, 1.807) is 10.2 Å². The quantitative estimate of drug-likeness (QED) is 0.675. The molecule has 20 heavy (non-hydrogen) atoms. The van der Waals surface area contributed by atoms with E-state index in [1.165, 1.54) is 5.56 Å². The van der Waals surface area contributed by atoms with E-state index in [1.807, 2.05) is 38.2 Å². The molecular formula is C16H16N2OS. The summed E-state index contributed by atoms with van der Waals surface area (Å²) in [6, 6.07) is 9.95. The molecule has 1 aromatic carbocycles. The molecule has 3 rings (SSSR count). The molecule has 3 aromatic rings. The molecule has 0 aliphatic rings. The Balaban J connectivity index is 2.16. The number of pyridine rings is 1. The van der Waals surface area contributed by atoms with Crippen molar-refractivity contribution >= 4 is 22.4 Å². The fraction of sp³-hybridized carbons (Fsp3) is 0.188. The summed E-state index contributed by atoms with van der Waals surface area (Å²) in [6.45, 7) is 6.07. The molecule has 0 bridgehead atoms. The molecule has 2 heterocycles. The molecule has 0 N–H and O–H groups in total. The zero-order valence-electron chi connectivity index (χ0n) is 11.8. The largest absolute Gasteiger partial charge is 0.587 e. The molecular weight excluding hydrogens is 268 g/mol. The molecule has 0 amide bonds. The van der Waals surface area contributed by atoms with E-state index in [0.717, 1.165) is 27.1 Å². The van der Waals surface area contributed by atoms with Gasteiger partial charge < -0.3 is 4.55 Å². The Morgan fingerprint density at radius 3 is 2.50 bits per heavy atom. The van der Waals surface area contributed by atoms with Crippen molar-refractivity contribution in [3.63, 3.8) is 0 Å². The summed E-state index contributed by atoms with van der Waals surface area (Å²) in [4.78, 5) is 5.21. The van der Waals surface area contributed by atoms with E-state index in [4.69, 9.17) is 0 Å². The summed E-state index contributed by atoms with van der Waals surface area (Å²) >= 11 is -1.27. The highest BCUT2D eigenvalue weighted by Crippen LogP contribution is 2.26. The van der Waals surface area contributed by atoms with Crippen LogP contribution in [0.3, 0.4) is 0 Å². The van der Waals surface area contributed by atoms with E-state index in [2.05, 4.69) is 24.0 Å². The van der Waals surface area contributed by atoms with Crippen LogP contribution in [0.4, 0.5) is 0 Å². The smallest absolute Gasteiger partial charge is 0.186 e. The van der Waals surface area contributed by atoms with Gasteiger partial charge in [0.15, 0.2) is 10.5 Å². The van der Waals surface area contributed by atoms with Gasteiger partial charge in [-0.1, -0.05) is 17.7 Å². The van der Waals surface area contributed by atoms with Gasteiger partial charge >= 0.3 is 0 Å². The molecule has 0 radical (unpaired) electrons. The van der Waals surface area contributed by atoms with Crippen LogP contribution < -0.4 is 0 Å². The average Bonchev–Trinajstić information content (AvgIpc) is 2.81. The molecule has 0 aliphatic carbocycles. The second kappa shape index (κ2) is 4.96. The molecule has 0 saturated heterocycles. The number of hydrogen-bond acceptors (Lipinski definition) is 2. The van der Waals surface area contributed by atoms with Crippen LogP contribution in [0.25, 0.3) is 11.0 Å². The van der Waals surface area contributed by atoms with Crippen molar-refractivity contribution in [2.24, 2.45) is 0 Å². The van der Waals surface area contributed by atoms with Crippen LogP contribution in [0.15, 0.2) is 47.6 Å². The van der Waals surface area contributed by atoms with Gasteiger partial charge in [-0.25, -0.2) is 4.98 Å². The second-order valence-corrected chi connectivity index (χ2v) is 6.33. The van der Waals surface area contributed by atoms with Crippen LogP contribution in [0.2, 0.25) is 0 Å². The summed E-state index contributed by atoms with van der Waals surface area (Å²) < 4.78 is 14.6. The Hall–Kier alpha value is -1.78. The highest BCUT2D eigenvalue weighted by molar-refractivity contribution is 7.90. The lowest BCUT2D eigenvalue weighted by atomic mass is 10.1. The lowest BCUT2D eigenvalue weighted by molar-refractivity contribution is 0.586. The fourth-order valence-corrected chi connectivity index (χ4v) is 3.96. The summed E-state index contributed by atoms with van der Waals surface area (Å²) in [5.41, 5.74) is 4.05. The number of aromatic nitrogens is 2. The van der Waals surface area contributed by atoms with Crippen molar-refractivity contribution in [3.8, 4) is 0 Å². The molecule has 2 aromatic heterocycles. The minimum absolute atomic E-state index is 0.755. The van der Waals surface area contributed by atoms with Gasteiger partial charge in [0.1, 0.15) is 11.4 Å². The van der Waals surface area contributed by atoms with Gasteiger partial charge in [0, 0.05) is 22.7 Å². The maximum absolute atomic E-state index is 12.9. The standard InChI is InChI=1S/C16H16N2OS/c1-11-9-12(2)15(13(3)10-11)20(19)18-8-6-14-5-4-7-17-16(14)18/h4-10H,1-3H3. The zero-order chi connectivity index (χ0) is 14.3. The highest BCUT2D eigenvalue weighted by Gasteiger charge is 2.22. The SMILES string of the molecule is Cc1cc(C)c([S+]([O-])n2ccc3cccnc32)c(C)c1. The van der Waals surface area contributed by atoms with Crippen molar-refractivity contribution < 1.29 is 4.55 Å². The van der Waals surface area contributed by atoms with Crippen molar-refractivity contribution in [1.82, 2.24) is 8.96 Å². The first kappa shape index (κ1) is 13.2. The molecule has 3 nitrogen and oxygen atoms in total. The predicted octanol–water partition coefficient (Wildman–Crippen LogP) is 3.53. The Morgan fingerprint density at radius 1 is 1.10 bits per heavy atom. The maximum atomic E-state index is 12.9. The third kappa shape index (κ3) is 2.11. The number of benzene rings is 1. The van der Waals surface area contributed by atoms with Crippen LogP contribution in [-0.2, 0) is 11.4 Å². The molecule has 0 saturated carbocycles. The van der Waals surface area contributed by atoms with Gasteiger partial charge in [0.05, 0.1) is 6.20 Å². The number of hydrogen-bond donors (Lipinski definition) is 0. The summed E-state index contributed by atoms with van der Waals surface area (Å²) in [5, 5.41) is 1.00. The Morgan fingerprint density at radius 2 is 1.80 bits per heavy atom. The summed E-state index contributed by atoms with van der Waals surface area (Å²) in [7, 11) is 0. The zero-order valence-corrected chi connectivity index (χ0v) is 12.6. The van der Waals surface area contributed by atoms with Gasteiger partial charge in [0.25, 0.3) is 0 Å². The van der Waals surface area contributed by atoms with E-state index in [-0.39, 0.29) is 0 Å². The lowest BCUT2D eigenvalue weighted by Crippen LogP contribution is -2.15. The van der Waals surface area contributed by atoms with E-state index < -0.39 is 11.4 Å². The second-order valence-electron chi connectivity index (χ2n) is 5.03. The van der Waals surface area contributed by atoms with Crippen molar-refractivity contribution in [2.45, 2.75) is 25.7 Å². The molecule has 0 fully saturated rings. The number of aryl methyl sites for hydroxylation is 3. The van der Waals surface area contributed by atoms with Crippen LogP contribution in [-0.4, -0.2) is 13.5 Å². The van der Waals surface area contributed by atoms with E-state index >= 15 is 0 Å². The first-order valence-corrected chi connectivity index (χ1v) is 7.61. The molecule has 102 valence electrons. The lowest BCUT2D eigenvalue weighted by Gasteiger charge is -2.15. The van der Waals surface area contributed by atoms with Crippen LogP contribution in [0.1, 0.15) is 16.7 Å². The third-order valence-electron chi connectivity index (χ3n) is 3.37. The molecule has 0 aliphatic heterocycles. The van der Waals surface area contributed by atoms with E-state index in [9.17, 15) is 4.55 Å². The molecule has 4 heteroatoms. The first-order chi connectivity index (χ1) is 9.58. The third-order valence-corrected chi connectivity index (χ3v) is 5.02. The molecule has 1 unspecified atom stereocenters. The minimum Gasteiger partial charge on any atom is -0.587 e. The topological polar surface area (TPSA) is 40.9 Å². The first-order valence-electron chi connectivity index (χ1n) is 6.50. The Labute approximate surface area is 121 Å². The Bertz CT molecular complexity index is 756. The summed E-state index contributed by atoms with van der Waals surface area (Å²) in [5.74, 6) is 0. The molecule has 0 spiro atoms. The highest BCUT2D eigenvalue weighted by atomic mass is 32.2. The predicted molar refractivity (Wildman–Crippen MR) is 82.2 cm³/mol. The number of rotatable bonds is 2. The fourth-order valence-electron chi connectivity index (χ4n) is 2.62. The van der Waals surface area contributed by atoms with Crippen LogP contribution in [0.5, 0.6) is 0 Å². The van der Waals surface area contributed by atoms with Crippen LogP contribution in [0, 0.1) is 20.8 Å². The average molecular weight is 284 g/mol. The Kier molecular flexibility index (Phi) is 3.28. The number of fused-ring (bicyclic) bond motifs is 1. The monoisotopic (exact) mass is 284 g/mol. The normalized spacial score (nSPS) is 12.8. The molecule has 1 atom stereocenters. The minimum atomic E-state index is -1.27. The van der Waals surface area contributed by atoms with Crippen LogP contribution >= 0.6 is 0 Å². The summed E-state index contributed by atoms with van der Waals surface area (Å²) in [6.07, 6.45) is 3.57. The van der Waals surface area contributed by atoms with Gasteiger partial charge in [-0.3, -0.25) is 0 Å². The van der Waals surface area contributed by atoms with Gasteiger partial charge in [-0.15, -0.1) is 3.97 Å². The maximum Gasteiger partial charge on any atom is 0.186 e. The van der Waals surface area contributed by atoms with Crippen molar-refractivity contribution in [1.29, 1.82) is 0 Å². The number of nitrogens with zero attached hydrogens (tertiary/aromatic N) is 2. The van der Waals surface area contributed by atoms with Crippen molar-refractivity contribution in [2.75, 3.05) is 0 Å². The van der Waals surface area contributed by atoms with E-state index in [0.29, 0.717) is 0 Å².